The lowest BCUT2D eigenvalue weighted by molar-refractivity contribution is 0.161. The number of para-hydroxylation sites is 1. The van der Waals surface area contributed by atoms with Crippen LogP contribution in [0.2, 0.25) is 0 Å². The molecule has 15 heavy (non-hydrogen) atoms. The molecule has 0 heterocycles. The molecule has 3 heteroatoms. The van der Waals surface area contributed by atoms with E-state index in [0.29, 0.717) is 6.61 Å². The van der Waals surface area contributed by atoms with Crippen LogP contribution in [0.15, 0.2) is 24.3 Å². The summed E-state index contributed by atoms with van der Waals surface area (Å²) in [6.45, 7) is 4.27. The second kappa shape index (κ2) is 5.39. The molecule has 1 rings (SSSR count). The van der Waals surface area contributed by atoms with Crippen LogP contribution in [0, 0.1) is 0 Å². The van der Waals surface area contributed by atoms with Crippen LogP contribution in [0.5, 0.6) is 0 Å². The molecule has 0 saturated heterocycles. The van der Waals surface area contributed by atoms with Gasteiger partial charge in [0.1, 0.15) is 0 Å². The first-order chi connectivity index (χ1) is 7.20. The second-order valence-corrected chi connectivity index (χ2v) is 3.24. The maximum atomic E-state index is 11.5. The fourth-order valence-corrected chi connectivity index (χ4v) is 1.46. The molecule has 0 spiro atoms. The maximum absolute atomic E-state index is 11.5. The summed E-state index contributed by atoms with van der Waals surface area (Å²) in [5.41, 5.74) is 2.06. The second-order valence-electron chi connectivity index (χ2n) is 3.24. The number of benzene rings is 1. The van der Waals surface area contributed by atoms with E-state index in [-0.39, 0.29) is 6.09 Å². The summed E-state index contributed by atoms with van der Waals surface area (Å²) in [4.78, 5) is 13.1. The van der Waals surface area contributed by atoms with Gasteiger partial charge >= 0.3 is 6.09 Å². The van der Waals surface area contributed by atoms with Gasteiger partial charge in [0, 0.05) is 12.7 Å². The standard InChI is InChI=1S/C12H17NO2/c1-4-10-8-6-7-9-11(10)13(3)12(14)15-5-2/h6-9H,4-5H2,1-3H3. The van der Waals surface area contributed by atoms with Gasteiger partial charge in [-0.3, -0.25) is 4.90 Å². The molecule has 3 nitrogen and oxygen atoms in total. The number of aryl methyl sites for hydroxylation is 1. The van der Waals surface area contributed by atoms with E-state index in [1.165, 1.54) is 0 Å². The third-order valence-corrected chi connectivity index (χ3v) is 2.28. The number of amides is 1. The van der Waals surface area contributed by atoms with Crippen molar-refractivity contribution in [2.45, 2.75) is 20.3 Å². The summed E-state index contributed by atoms with van der Waals surface area (Å²) >= 11 is 0. The van der Waals surface area contributed by atoms with Crippen molar-refractivity contribution < 1.29 is 9.53 Å². The van der Waals surface area contributed by atoms with E-state index >= 15 is 0 Å². The summed E-state index contributed by atoms with van der Waals surface area (Å²) in [7, 11) is 1.73. The van der Waals surface area contributed by atoms with Crippen LogP contribution in [0.1, 0.15) is 19.4 Å². The summed E-state index contributed by atoms with van der Waals surface area (Å²) in [6, 6.07) is 7.84. The summed E-state index contributed by atoms with van der Waals surface area (Å²) in [5.74, 6) is 0. The normalized spacial score (nSPS) is 9.80. The summed E-state index contributed by atoms with van der Waals surface area (Å²) < 4.78 is 4.94. The predicted molar refractivity (Wildman–Crippen MR) is 61.2 cm³/mol. The topological polar surface area (TPSA) is 29.5 Å². The molecule has 0 fully saturated rings. The van der Waals surface area contributed by atoms with E-state index in [4.69, 9.17) is 4.74 Å². The number of carbonyl (C=O) groups is 1. The van der Waals surface area contributed by atoms with Crippen molar-refractivity contribution in [1.82, 2.24) is 0 Å². The van der Waals surface area contributed by atoms with E-state index in [1.807, 2.05) is 24.3 Å². The Hall–Kier alpha value is -1.51. The van der Waals surface area contributed by atoms with Gasteiger partial charge in [-0.25, -0.2) is 4.79 Å². The quantitative estimate of drug-likeness (QED) is 0.762. The van der Waals surface area contributed by atoms with Crippen LogP contribution >= 0.6 is 0 Å². The van der Waals surface area contributed by atoms with Crippen molar-refractivity contribution in [3.8, 4) is 0 Å². The number of carbonyl (C=O) groups excluding carboxylic acids is 1. The zero-order valence-corrected chi connectivity index (χ0v) is 9.49. The van der Waals surface area contributed by atoms with Crippen LogP contribution in [0.3, 0.4) is 0 Å². The van der Waals surface area contributed by atoms with Crippen LogP contribution in [0.4, 0.5) is 10.5 Å². The molecule has 0 atom stereocenters. The van der Waals surface area contributed by atoms with Gasteiger partial charge in [0.05, 0.1) is 6.61 Å². The Morgan fingerprint density at radius 2 is 2.00 bits per heavy atom. The van der Waals surface area contributed by atoms with Gasteiger partial charge < -0.3 is 4.74 Å². The maximum Gasteiger partial charge on any atom is 0.414 e. The molecule has 0 aliphatic heterocycles. The zero-order valence-electron chi connectivity index (χ0n) is 9.49. The number of hydrogen-bond donors (Lipinski definition) is 0. The van der Waals surface area contributed by atoms with Gasteiger partial charge in [0.25, 0.3) is 0 Å². The minimum atomic E-state index is -0.307. The van der Waals surface area contributed by atoms with E-state index in [9.17, 15) is 4.79 Å². The average molecular weight is 207 g/mol. The lowest BCUT2D eigenvalue weighted by Gasteiger charge is -2.19. The lowest BCUT2D eigenvalue weighted by Crippen LogP contribution is -2.27. The average Bonchev–Trinajstić information content (AvgIpc) is 2.28. The van der Waals surface area contributed by atoms with Crippen LogP contribution in [-0.2, 0) is 11.2 Å². The Morgan fingerprint density at radius 1 is 1.33 bits per heavy atom. The molecule has 0 radical (unpaired) electrons. The number of rotatable bonds is 3. The highest BCUT2D eigenvalue weighted by atomic mass is 16.6. The summed E-state index contributed by atoms with van der Waals surface area (Å²) in [5, 5.41) is 0. The molecule has 0 aliphatic rings. The van der Waals surface area contributed by atoms with Crippen molar-refractivity contribution in [2.24, 2.45) is 0 Å². The molecular weight excluding hydrogens is 190 g/mol. The Balaban J connectivity index is 2.89. The van der Waals surface area contributed by atoms with E-state index in [0.717, 1.165) is 17.7 Å². The smallest absolute Gasteiger partial charge is 0.414 e. The SMILES string of the molecule is CCOC(=O)N(C)c1ccccc1CC. The first kappa shape index (κ1) is 11.6. The highest BCUT2D eigenvalue weighted by Gasteiger charge is 2.13. The van der Waals surface area contributed by atoms with Crippen molar-refractivity contribution >= 4 is 11.8 Å². The Morgan fingerprint density at radius 3 is 2.60 bits per heavy atom. The molecule has 0 N–H and O–H groups in total. The Kier molecular flexibility index (Phi) is 4.16. The molecule has 1 aromatic carbocycles. The van der Waals surface area contributed by atoms with Crippen molar-refractivity contribution in [3.63, 3.8) is 0 Å². The van der Waals surface area contributed by atoms with Gasteiger partial charge in [-0.05, 0) is 25.0 Å². The lowest BCUT2D eigenvalue weighted by atomic mass is 10.1. The van der Waals surface area contributed by atoms with Crippen LogP contribution in [0.25, 0.3) is 0 Å². The first-order valence-electron chi connectivity index (χ1n) is 5.19. The van der Waals surface area contributed by atoms with Gasteiger partial charge in [-0.15, -0.1) is 0 Å². The van der Waals surface area contributed by atoms with Gasteiger partial charge in [0.2, 0.25) is 0 Å². The minimum Gasteiger partial charge on any atom is -0.449 e. The molecule has 0 unspecified atom stereocenters. The number of anilines is 1. The molecule has 0 bridgehead atoms. The molecule has 0 aromatic heterocycles. The molecule has 1 amide bonds. The third-order valence-electron chi connectivity index (χ3n) is 2.28. The van der Waals surface area contributed by atoms with E-state index in [1.54, 1.807) is 18.9 Å². The highest BCUT2D eigenvalue weighted by Crippen LogP contribution is 2.20. The van der Waals surface area contributed by atoms with Crippen molar-refractivity contribution in [3.05, 3.63) is 29.8 Å². The largest absolute Gasteiger partial charge is 0.449 e. The van der Waals surface area contributed by atoms with Crippen molar-refractivity contribution in [2.75, 3.05) is 18.6 Å². The third kappa shape index (κ3) is 2.72. The Bertz CT molecular complexity index is 336. The van der Waals surface area contributed by atoms with E-state index in [2.05, 4.69) is 6.92 Å². The summed E-state index contributed by atoms with van der Waals surface area (Å²) in [6.07, 6.45) is 0.596. The highest BCUT2D eigenvalue weighted by molar-refractivity contribution is 5.87. The fourth-order valence-electron chi connectivity index (χ4n) is 1.46. The molecule has 0 saturated carbocycles. The van der Waals surface area contributed by atoms with E-state index < -0.39 is 0 Å². The molecular formula is C12H17NO2. The molecule has 0 aliphatic carbocycles. The number of hydrogen-bond acceptors (Lipinski definition) is 2. The predicted octanol–water partition coefficient (Wildman–Crippen LogP) is 2.84. The fraction of sp³-hybridized carbons (Fsp3) is 0.417. The first-order valence-corrected chi connectivity index (χ1v) is 5.19. The zero-order chi connectivity index (χ0) is 11.3. The minimum absolute atomic E-state index is 0.307. The number of ether oxygens (including phenoxy) is 1. The van der Waals surface area contributed by atoms with Crippen LogP contribution in [-0.4, -0.2) is 19.7 Å². The van der Waals surface area contributed by atoms with Gasteiger partial charge in [-0.1, -0.05) is 25.1 Å². The molecule has 82 valence electrons. The number of nitrogens with zero attached hydrogens (tertiary/aromatic N) is 1. The monoisotopic (exact) mass is 207 g/mol. The van der Waals surface area contributed by atoms with Crippen molar-refractivity contribution in [1.29, 1.82) is 0 Å². The van der Waals surface area contributed by atoms with Gasteiger partial charge in [-0.2, -0.15) is 0 Å². The van der Waals surface area contributed by atoms with Crippen LogP contribution < -0.4 is 4.90 Å². The Labute approximate surface area is 90.7 Å². The molecule has 1 aromatic rings. The van der Waals surface area contributed by atoms with Gasteiger partial charge in [0.15, 0.2) is 0 Å².